The number of rotatable bonds is 2. The van der Waals surface area contributed by atoms with E-state index in [9.17, 15) is 4.79 Å². The van der Waals surface area contributed by atoms with Crippen molar-refractivity contribution < 1.29 is 4.79 Å². The van der Waals surface area contributed by atoms with Gasteiger partial charge < -0.3 is 0 Å². The van der Waals surface area contributed by atoms with E-state index < -0.39 is 0 Å². The largest absolute Gasteiger partial charge is 0.299 e. The lowest BCUT2D eigenvalue weighted by atomic mass is 10.0. The van der Waals surface area contributed by atoms with E-state index in [0.717, 1.165) is 19.3 Å². The first kappa shape index (κ1) is 7.80. The standard InChI is InChI=1S/C8H11ClO/c1-6(9)5-7-3-2-4-8(7)10/h7H,1-5H2. The second kappa shape index (κ2) is 3.20. The monoisotopic (exact) mass is 158 g/mol. The molecule has 0 saturated heterocycles. The summed E-state index contributed by atoms with van der Waals surface area (Å²) < 4.78 is 0. The van der Waals surface area contributed by atoms with Crippen LogP contribution in [0.4, 0.5) is 0 Å². The zero-order valence-electron chi connectivity index (χ0n) is 5.90. The van der Waals surface area contributed by atoms with Crippen LogP contribution in [0, 0.1) is 5.92 Å². The zero-order chi connectivity index (χ0) is 7.56. The average molecular weight is 159 g/mol. The highest BCUT2D eigenvalue weighted by Gasteiger charge is 2.23. The van der Waals surface area contributed by atoms with Crippen molar-refractivity contribution in [3.8, 4) is 0 Å². The minimum absolute atomic E-state index is 0.185. The van der Waals surface area contributed by atoms with E-state index in [0.29, 0.717) is 17.2 Å². The summed E-state index contributed by atoms with van der Waals surface area (Å²) in [5.74, 6) is 0.548. The van der Waals surface area contributed by atoms with Gasteiger partial charge in [-0.25, -0.2) is 0 Å². The van der Waals surface area contributed by atoms with Gasteiger partial charge in [-0.3, -0.25) is 4.79 Å². The third-order valence-corrected chi connectivity index (χ3v) is 2.05. The van der Waals surface area contributed by atoms with Gasteiger partial charge in [0.1, 0.15) is 5.78 Å². The van der Waals surface area contributed by atoms with Gasteiger partial charge in [-0.1, -0.05) is 18.2 Å². The van der Waals surface area contributed by atoms with Crippen LogP contribution in [0.3, 0.4) is 0 Å². The number of hydrogen-bond acceptors (Lipinski definition) is 1. The predicted molar refractivity (Wildman–Crippen MR) is 42.0 cm³/mol. The number of halogens is 1. The van der Waals surface area contributed by atoms with E-state index in [-0.39, 0.29) is 5.92 Å². The summed E-state index contributed by atoms with van der Waals surface area (Å²) in [6.45, 7) is 3.57. The molecule has 56 valence electrons. The van der Waals surface area contributed by atoms with Crippen molar-refractivity contribution in [2.75, 3.05) is 0 Å². The van der Waals surface area contributed by atoms with Crippen LogP contribution in [0.15, 0.2) is 11.6 Å². The molecule has 0 radical (unpaired) electrons. The fourth-order valence-electron chi connectivity index (χ4n) is 1.37. The van der Waals surface area contributed by atoms with Crippen LogP contribution in [-0.2, 0) is 4.79 Å². The Morgan fingerprint density at radius 2 is 2.50 bits per heavy atom. The first-order valence-electron chi connectivity index (χ1n) is 3.56. The van der Waals surface area contributed by atoms with E-state index in [4.69, 9.17) is 11.6 Å². The lowest BCUT2D eigenvalue weighted by Crippen LogP contribution is -2.05. The summed E-state index contributed by atoms with van der Waals surface area (Å²) >= 11 is 5.58. The summed E-state index contributed by atoms with van der Waals surface area (Å²) in [5, 5.41) is 0.611. The maximum absolute atomic E-state index is 11.0. The van der Waals surface area contributed by atoms with Crippen molar-refractivity contribution in [3.05, 3.63) is 11.6 Å². The van der Waals surface area contributed by atoms with Gasteiger partial charge in [0.25, 0.3) is 0 Å². The van der Waals surface area contributed by atoms with Gasteiger partial charge in [0.2, 0.25) is 0 Å². The quantitative estimate of drug-likeness (QED) is 0.604. The molecule has 0 aromatic heterocycles. The molecular weight excluding hydrogens is 148 g/mol. The zero-order valence-corrected chi connectivity index (χ0v) is 6.66. The predicted octanol–water partition coefficient (Wildman–Crippen LogP) is 2.50. The minimum Gasteiger partial charge on any atom is -0.299 e. The molecule has 1 atom stereocenters. The van der Waals surface area contributed by atoms with Gasteiger partial charge in [0.05, 0.1) is 0 Å². The molecule has 10 heavy (non-hydrogen) atoms. The topological polar surface area (TPSA) is 17.1 Å². The van der Waals surface area contributed by atoms with Crippen LogP contribution >= 0.6 is 11.6 Å². The molecule has 0 aromatic rings. The minimum atomic E-state index is 0.185. The SMILES string of the molecule is C=C(Cl)CC1CCCC1=O. The Labute approximate surface area is 66.1 Å². The van der Waals surface area contributed by atoms with Crippen molar-refractivity contribution >= 4 is 17.4 Å². The molecule has 0 aromatic carbocycles. The molecule has 0 amide bonds. The summed E-state index contributed by atoms with van der Waals surface area (Å²) in [5.41, 5.74) is 0. The smallest absolute Gasteiger partial charge is 0.136 e. The fraction of sp³-hybridized carbons (Fsp3) is 0.625. The van der Waals surface area contributed by atoms with E-state index >= 15 is 0 Å². The van der Waals surface area contributed by atoms with E-state index in [1.807, 2.05) is 0 Å². The van der Waals surface area contributed by atoms with Crippen molar-refractivity contribution in [1.29, 1.82) is 0 Å². The maximum atomic E-state index is 11.0. The Bertz CT molecular complexity index is 163. The molecule has 0 aliphatic heterocycles. The molecule has 1 rings (SSSR count). The normalized spacial score (nSPS) is 25.3. The number of carbonyl (C=O) groups excluding carboxylic acids is 1. The van der Waals surface area contributed by atoms with Gasteiger partial charge in [-0.05, 0) is 19.3 Å². The molecule has 1 aliphatic rings. The van der Waals surface area contributed by atoms with Crippen molar-refractivity contribution in [1.82, 2.24) is 0 Å². The highest BCUT2D eigenvalue weighted by atomic mass is 35.5. The average Bonchev–Trinajstić information content (AvgIpc) is 2.15. The van der Waals surface area contributed by atoms with Crippen LogP contribution in [0.1, 0.15) is 25.7 Å². The van der Waals surface area contributed by atoms with Crippen molar-refractivity contribution in [2.45, 2.75) is 25.7 Å². The molecule has 0 N–H and O–H groups in total. The number of carbonyl (C=O) groups is 1. The van der Waals surface area contributed by atoms with Gasteiger partial charge in [-0.15, -0.1) is 0 Å². The highest BCUT2D eigenvalue weighted by Crippen LogP contribution is 2.27. The number of hydrogen-bond donors (Lipinski definition) is 0. The van der Waals surface area contributed by atoms with Crippen molar-refractivity contribution in [3.63, 3.8) is 0 Å². The molecule has 1 saturated carbocycles. The molecule has 1 fully saturated rings. The molecule has 1 aliphatic carbocycles. The summed E-state index contributed by atoms with van der Waals surface area (Å²) in [4.78, 5) is 11.0. The first-order valence-corrected chi connectivity index (χ1v) is 3.94. The Morgan fingerprint density at radius 3 is 2.90 bits per heavy atom. The Kier molecular flexibility index (Phi) is 2.50. The molecule has 0 spiro atoms. The van der Waals surface area contributed by atoms with E-state index in [1.165, 1.54) is 0 Å². The van der Waals surface area contributed by atoms with E-state index in [2.05, 4.69) is 6.58 Å². The number of allylic oxidation sites excluding steroid dienone is 1. The summed E-state index contributed by atoms with van der Waals surface area (Å²) in [7, 11) is 0. The van der Waals surface area contributed by atoms with Crippen molar-refractivity contribution in [2.24, 2.45) is 5.92 Å². The molecule has 1 unspecified atom stereocenters. The molecule has 2 heteroatoms. The van der Waals surface area contributed by atoms with Crippen LogP contribution in [0.25, 0.3) is 0 Å². The Balaban J connectivity index is 2.40. The first-order chi connectivity index (χ1) is 4.70. The summed E-state index contributed by atoms with van der Waals surface area (Å²) in [6.07, 6.45) is 3.47. The van der Waals surface area contributed by atoms with Gasteiger partial charge in [0, 0.05) is 17.4 Å². The third kappa shape index (κ3) is 1.84. The number of Topliss-reactive ketones (excluding diaryl/α,β-unsaturated/α-hetero) is 1. The molecule has 0 heterocycles. The molecular formula is C8H11ClO. The third-order valence-electron chi connectivity index (χ3n) is 1.90. The maximum Gasteiger partial charge on any atom is 0.136 e. The Hall–Kier alpha value is -0.300. The lowest BCUT2D eigenvalue weighted by Gasteiger charge is -2.03. The van der Waals surface area contributed by atoms with E-state index in [1.54, 1.807) is 0 Å². The second-order valence-corrected chi connectivity index (χ2v) is 3.31. The highest BCUT2D eigenvalue weighted by molar-refractivity contribution is 6.29. The van der Waals surface area contributed by atoms with Gasteiger partial charge in [-0.2, -0.15) is 0 Å². The molecule has 0 bridgehead atoms. The lowest BCUT2D eigenvalue weighted by molar-refractivity contribution is -0.120. The number of ketones is 1. The van der Waals surface area contributed by atoms with Crippen LogP contribution in [0.5, 0.6) is 0 Å². The summed E-state index contributed by atoms with van der Waals surface area (Å²) in [6, 6.07) is 0. The van der Waals surface area contributed by atoms with Gasteiger partial charge >= 0.3 is 0 Å². The van der Waals surface area contributed by atoms with Crippen LogP contribution in [0.2, 0.25) is 0 Å². The second-order valence-electron chi connectivity index (χ2n) is 2.78. The molecule has 1 nitrogen and oxygen atoms in total. The van der Waals surface area contributed by atoms with Crippen LogP contribution < -0.4 is 0 Å². The Morgan fingerprint density at radius 1 is 1.80 bits per heavy atom. The fourth-order valence-corrected chi connectivity index (χ4v) is 1.56. The van der Waals surface area contributed by atoms with Crippen LogP contribution in [-0.4, -0.2) is 5.78 Å². The van der Waals surface area contributed by atoms with Gasteiger partial charge in [0.15, 0.2) is 0 Å².